The molecule has 0 bridgehead atoms. The second-order valence-corrected chi connectivity index (χ2v) is 2.97. The second kappa shape index (κ2) is 4.17. The van der Waals surface area contributed by atoms with Gasteiger partial charge in [-0.05, 0) is 24.6 Å². The van der Waals surface area contributed by atoms with E-state index in [2.05, 4.69) is 0 Å². The number of benzene rings is 1. The normalized spacial score (nSPS) is 10.6. The van der Waals surface area contributed by atoms with Gasteiger partial charge in [0.25, 0.3) is 0 Å². The Morgan fingerprint density at radius 1 is 1.42 bits per heavy atom. The van der Waals surface area contributed by atoms with Crippen LogP contribution in [-0.2, 0) is 4.74 Å². The maximum atomic E-state index is 5.93. The zero-order valence-corrected chi connectivity index (χ0v) is 7.93. The highest BCUT2D eigenvalue weighted by Gasteiger charge is 1.95. The zero-order chi connectivity index (χ0) is 8.97. The van der Waals surface area contributed by atoms with Gasteiger partial charge in [0.1, 0.15) is 0 Å². The Balaban J connectivity index is 2.97. The summed E-state index contributed by atoms with van der Waals surface area (Å²) in [4.78, 5) is 0. The molecule has 0 aliphatic heterocycles. The van der Waals surface area contributed by atoms with E-state index in [0.717, 1.165) is 10.6 Å². The summed E-state index contributed by atoms with van der Waals surface area (Å²) >= 11 is 5.93. The van der Waals surface area contributed by atoms with Crippen LogP contribution in [0.1, 0.15) is 11.1 Å². The fourth-order valence-corrected chi connectivity index (χ4v) is 1.11. The van der Waals surface area contributed by atoms with Gasteiger partial charge in [-0.25, -0.2) is 0 Å². The lowest BCUT2D eigenvalue weighted by Gasteiger charge is -1.99. The number of halogens is 1. The molecule has 0 atom stereocenters. The SMILES string of the molecule is COC=Cc1cc(C)ccc1Cl. The summed E-state index contributed by atoms with van der Waals surface area (Å²) < 4.78 is 4.80. The van der Waals surface area contributed by atoms with Gasteiger partial charge in [-0.3, -0.25) is 0 Å². The van der Waals surface area contributed by atoms with Crippen LogP contribution in [0.5, 0.6) is 0 Å². The zero-order valence-electron chi connectivity index (χ0n) is 7.17. The van der Waals surface area contributed by atoms with Crippen LogP contribution in [0.2, 0.25) is 5.02 Å². The van der Waals surface area contributed by atoms with Crippen LogP contribution in [-0.4, -0.2) is 7.11 Å². The van der Waals surface area contributed by atoms with Crippen molar-refractivity contribution in [2.75, 3.05) is 7.11 Å². The highest BCUT2D eigenvalue weighted by atomic mass is 35.5. The van der Waals surface area contributed by atoms with Crippen molar-refractivity contribution in [2.45, 2.75) is 6.92 Å². The Morgan fingerprint density at radius 3 is 2.83 bits per heavy atom. The van der Waals surface area contributed by atoms with Crippen LogP contribution in [0.25, 0.3) is 6.08 Å². The molecule has 0 saturated carbocycles. The van der Waals surface area contributed by atoms with E-state index in [-0.39, 0.29) is 0 Å². The van der Waals surface area contributed by atoms with E-state index in [4.69, 9.17) is 16.3 Å². The van der Waals surface area contributed by atoms with Gasteiger partial charge in [0.05, 0.1) is 13.4 Å². The van der Waals surface area contributed by atoms with Crippen LogP contribution in [0.15, 0.2) is 24.5 Å². The first-order chi connectivity index (χ1) is 5.74. The van der Waals surface area contributed by atoms with Crippen molar-refractivity contribution >= 4 is 17.7 Å². The van der Waals surface area contributed by atoms with Gasteiger partial charge in [0, 0.05) is 5.02 Å². The molecule has 0 heterocycles. The first-order valence-corrected chi connectivity index (χ1v) is 4.07. The molecular formula is C10H11ClO. The molecule has 1 aromatic rings. The fraction of sp³-hybridized carbons (Fsp3) is 0.200. The monoisotopic (exact) mass is 182 g/mol. The van der Waals surface area contributed by atoms with Gasteiger partial charge < -0.3 is 4.74 Å². The molecule has 1 rings (SSSR count). The second-order valence-electron chi connectivity index (χ2n) is 2.56. The number of hydrogen-bond donors (Lipinski definition) is 0. The molecule has 0 aliphatic rings. The van der Waals surface area contributed by atoms with Crippen LogP contribution in [0.4, 0.5) is 0 Å². The Bertz CT molecular complexity index is 292. The Morgan fingerprint density at radius 2 is 2.17 bits per heavy atom. The molecule has 0 aliphatic carbocycles. The van der Waals surface area contributed by atoms with E-state index in [9.17, 15) is 0 Å². The third-order valence-electron chi connectivity index (χ3n) is 1.54. The maximum absolute atomic E-state index is 5.93. The van der Waals surface area contributed by atoms with Crippen molar-refractivity contribution < 1.29 is 4.74 Å². The van der Waals surface area contributed by atoms with E-state index in [0.29, 0.717) is 0 Å². The number of rotatable bonds is 2. The van der Waals surface area contributed by atoms with E-state index in [1.807, 2.05) is 31.2 Å². The van der Waals surface area contributed by atoms with E-state index in [1.54, 1.807) is 13.4 Å². The average Bonchev–Trinajstić information content (AvgIpc) is 2.07. The molecule has 1 aromatic carbocycles. The van der Waals surface area contributed by atoms with Gasteiger partial charge in [0.15, 0.2) is 0 Å². The molecule has 64 valence electrons. The molecule has 0 saturated heterocycles. The number of ether oxygens (including phenoxy) is 1. The van der Waals surface area contributed by atoms with E-state index < -0.39 is 0 Å². The van der Waals surface area contributed by atoms with Gasteiger partial charge in [-0.1, -0.05) is 29.3 Å². The molecule has 0 fully saturated rings. The lowest BCUT2D eigenvalue weighted by molar-refractivity contribution is 0.341. The number of aryl methyl sites for hydroxylation is 1. The maximum Gasteiger partial charge on any atom is 0.0831 e. The predicted molar refractivity (Wildman–Crippen MR) is 52.2 cm³/mol. The smallest absolute Gasteiger partial charge is 0.0831 e. The largest absolute Gasteiger partial charge is 0.504 e. The molecular weight excluding hydrogens is 172 g/mol. The third kappa shape index (κ3) is 2.28. The van der Waals surface area contributed by atoms with Crippen LogP contribution < -0.4 is 0 Å². The van der Waals surface area contributed by atoms with Gasteiger partial charge in [-0.2, -0.15) is 0 Å². The minimum Gasteiger partial charge on any atom is -0.504 e. The van der Waals surface area contributed by atoms with Crippen LogP contribution >= 0.6 is 11.6 Å². The minimum absolute atomic E-state index is 0.744. The van der Waals surface area contributed by atoms with E-state index >= 15 is 0 Å². The Kier molecular flexibility index (Phi) is 3.18. The van der Waals surface area contributed by atoms with Crippen molar-refractivity contribution in [1.82, 2.24) is 0 Å². The molecule has 0 amide bonds. The lowest BCUT2D eigenvalue weighted by atomic mass is 10.1. The summed E-state index contributed by atoms with van der Waals surface area (Å²) in [7, 11) is 1.61. The number of methoxy groups -OCH3 is 1. The van der Waals surface area contributed by atoms with Crippen molar-refractivity contribution in [3.8, 4) is 0 Å². The summed E-state index contributed by atoms with van der Waals surface area (Å²) in [6.45, 7) is 2.03. The van der Waals surface area contributed by atoms with Gasteiger partial charge in [0.2, 0.25) is 0 Å². The van der Waals surface area contributed by atoms with E-state index in [1.165, 1.54) is 5.56 Å². The first kappa shape index (κ1) is 9.14. The van der Waals surface area contributed by atoms with Gasteiger partial charge in [-0.15, -0.1) is 0 Å². The summed E-state index contributed by atoms with van der Waals surface area (Å²) in [6.07, 6.45) is 3.45. The molecule has 1 nitrogen and oxygen atoms in total. The summed E-state index contributed by atoms with van der Waals surface area (Å²) in [5.74, 6) is 0. The Labute approximate surface area is 77.6 Å². The molecule has 2 heteroatoms. The Hall–Kier alpha value is -0.950. The molecule has 0 unspecified atom stereocenters. The van der Waals surface area contributed by atoms with Crippen molar-refractivity contribution in [3.63, 3.8) is 0 Å². The summed E-state index contributed by atoms with van der Waals surface area (Å²) in [5.41, 5.74) is 2.17. The standard InChI is InChI=1S/C10H11ClO/c1-8-3-4-10(11)9(7-8)5-6-12-2/h3-7H,1-2H3. The van der Waals surface area contributed by atoms with Crippen LogP contribution in [0, 0.1) is 6.92 Å². The molecule has 12 heavy (non-hydrogen) atoms. The van der Waals surface area contributed by atoms with Crippen molar-refractivity contribution in [2.24, 2.45) is 0 Å². The molecule has 0 radical (unpaired) electrons. The van der Waals surface area contributed by atoms with Gasteiger partial charge >= 0.3 is 0 Å². The average molecular weight is 183 g/mol. The number of hydrogen-bond acceptors (Lipinski definition) is 1. The summed E-state index contributed by atoms with van der Waals surface area (Å²) in [5, 5.41) is 0.744. The highest BCUT2D eigenvalue weighted by Crippen LogP contribution is 2.18. The highest BCUT2D eigenvalue weighted by molar-refractivity contribution is 6.32. The van der Waals surface area contributed by atoms with Crippen molar-refractivity contribution in [1.29, 1.82) is 0 Å². The predicted octanol–water partition coefficient (Wildman–Crippen LogP) is 3.27. The quantitative estimate of drug-likeness (QED) is 0.638. The minimum atomic E-state index is 0.744. The lowest BCUT2D eigenvalue weighted by Crippen LogP contribution is -1.78. The fourth-order valence-electron chi connectivity index (χ4n) is 0.932. The molecule has 0 aromatic heterocycles. The molecule has 0 spiro atoms. The third-order valence-corrected chi connectivity index (χ3v) is 1.88. The topological polar surface area (TPSA) is 9.23 Å². The van der Waals surface area contributed by atoms with Crippen LogP contribution in [0.3, 0.4) is 0 Å². The first-order valence-electron chi connectivity index (χ1n) is 3.69. The van der Waals surface area contributed by atoms with Crippen molar-refractivity contribution in [3.05, 3.63) is 40.6 Å². The molecule has 0 N–H and O–H groups in total. The summed E-state index contributed by atoms with van der Waals surface area (Å²) in [6, 6.07) is 5.87.